The zero-order valence-electron chi connectivity index (χ0n) is 17.8. The number of aromatic amines is 1. The number of aromatic nitrogens is 2. The molecule has 1 aliphatic heterocycles. The van der Waals surface area contributed by atoms with Gasteiger partial charge in [0.05, 0.1) is 19.2 Å². The number of rotatable bonds is 6. The second-order valence-corrected chi connectivity index (χ2v) is 8.81. The number of likely N-dealkylation sites (N-methyl/N-ethyl adjacent to an activating group) is 1. The summed E-state index contributed by atoms with van der Waals surface area (Å²) in [6.45, 7) is 1.64. The Bertz CT molecular complexity index is 1300. The van der Waals surface area contributed by atoms with Gasteiger partial charge < -0.3 is 19.2 Å². The summed E-state index contributed by atoms with van der Waals surface area (Å²) in [5.74, 6) is 2.95. The minimum absolute atomic E-state index is 0.0897. The third-order valence-electron chi connectivity index (χ3n) is 5.31. The van der Waals surface area contributed by atoms with E-state index in [1.54, 1.807) is 7.11 Å². The van der Waals surface area contributed by atoms with Gasteiger partial charge in [0.15, 0.2) is 11.5 Å². The van der Waals surface area contributed by atoms with Gasteiger partial charge in [0, 0.05) is 11.4 Å². The first-order valence-corrected chi connectivity index (χ1v) is 11.1. The molecular weight excluding hydrogens is 426 g/mol. The summed E-state index contributed by atoms with van der Waals surface area (Å²) in [6.07, 6.45) is -0.0897. The molecule has 0 aliphatic carbocycles. The number of fused-ring (bicyclic) bond motifs is 2. The summed E-state index contributed by atoms with van der Waals surface area (Å²) in [6, 6.07) is 17.4. The number of thiophene rings is 1. The molecule has 32 heavy (non-hydrogen) atoms. The van der Waals surface area contributed by atoms with Crippen molar-refractivity contribution in [1.29, 1.82) is 0 Å². The quantitative estimate of drug-likeness (QED) is 0.481. The molecule has 1 N–H and O–H groups in total. The number of hydrogen-bond donors (Lipinski definition) is 1. The molecule has 4 aromatic rings. The number of hydrogen-bond acceptors (Lipinski definition) is 7. The van der Waals surface area contributed by atoms with Crippen molar-refractivity contribution in [3.63, 3.8) is 0 Å². The van der Waals surface area contributed by atoms with Gasteiger partial charge in [-0.2, -0.15) is 0 Å². The molecule has 1 aliphatic rings. The topological polar surface area (TPSA) is 76.7 Å². The normalized spacial score (nSPS) is 15.3. The highest BCUT2D eigenvalue weighted by Crippen LogP contribution is 2.32. The molecule has 0 saturated carbocycles. The minimum Gasteiger partial charge on any atom is -0.497 e. The van der Waals surface area contributed by atoms with Gasteiger partial charge in [-0.15, -0.1) is 11.3 Å². The highest BCUT2D eigenvalue weighted by Gasteiger charge is 2.22. The lowest BCUT2D eigenvalue weighted by molar-refractivity contribution is 0.0632. The van der Waals surface area contributed by atoms with Gasteiger partial charge in [0.2, 0.25) is 0 Å². The van der Waals surface area contributed by atoms with Crippen molar-refractivity contribution in [3.8, 4) is 27.7 Å². The first-order chi connectivity index (χ1) is 15.6. The lowest BCUT2D eigenvalue weighted by atomic mass is 10.2. The molecule has 0 saturated heterocycles. The molecule has 8 heteroatoms. The maximum atomic E-state index is 12.7. The van der Waals surface area contributed by atoms with E-state index in [4.69, 9.17) is 19.2 Å². The molecule has 3 heterocycles. The number of para-hydroxylation sites is 2. The summed E-state index contributed by atoms with van der Waals surface area (Å²) in [5, 5.41) is 0. The van der Waals surface area contributed by atoms with Crippen LogP contribution >= 0.6 is 11.3 Å². The molecule has 0 fully saturated rings. The molecule has 2 aromatic heterocycles. The Morgan fingerprint density at radius 3 is 2.75 bits per heavy atom. The van der Waals surface area contributed by atoms with Gasteiger partial charge in [0.1, 0.15) is 29.0 Å². The van der Waals surface area contributed by atoms with Crippen LogP contribution in [0, 0.1) is 0 Å². The van der Waals surface area contributed by atoms with Crippen LogP contribution in [-0.2, 0) is 6.54 Å². The van der Waals surface area contributed by atoms with E-state index in [0.29, 0.717) is 35.7 Å². The molecule has 0 amide bonds. The van der Waals surface area contributed by atoms with Gasteiger partial charge in [-0.1, -0.05) is 12.1 Å². The zero-order chi connectivity index (χ0) is 22.1. The Balaban J connectivity index is 1.30. The second kappa shape index (κ2) is 8.64. The summed E-state index contributed by atoms with van der Waals surface area (Å²) in [7, 11) is 3.62. The molecular formula is C24H23N3O4S. The summed E-state index contributed by atoms with van der Waals surface area (Å²) in [5.41, 5.74) is 1.62. The van der Waals surface area contributed by atoms with Crippen LogP contribution < -0.4 is 19.8 Å². The fourth-order valence-electron chi connectivity index (χ4n) is 3.78. The number of nitrogens with zero attached hydrogens (tertiary/aromatic N) is 2. The number of methoxy groups -OCH3 is 1. The lowest BCUT2D eigenvalue weighted by Crippen LogP contribution is -2.39. The van der Waals surface area contributed by atoms with Gasteiger partial charge >= 0.3 is 0 Å². The summed E-state index contributed by atoms with van der Waals surface area (Å²) < 4.78 is 17.7. The van der Waals surface area contributed by atoms with E-state index in [-0.39, 0.29) is 11.7 Å². The van der Waals surface area contributed by atoms with E-state index in [1.807, 2.05) is 61.6 Å². The number of ether oxygens (including phenoxy) is 3. The minimum atomic E-state index is -0.116. The summed E-state index contributed by atoms with van der Waals surface area (Å²) in [4.78, 5) is 23.4. The Labute approximate surface area is 189 Å². The van der Waals surface area contributed by atoms with E-state index < -0.39 is 0 Å². The molecule has 1 atom stereocenters. The largest absolute Gasteiger partial charge is 0.497 e. The second-order valence-electron chi connectivity index (χ2n) is 7.76. The maximum absolute atomic E-state index is 12.7. The molecule has 7 nitrogen and oxygen atoms in total. The van der Waals surface area contributed by atoms with Crippen molar-refractivity contribution in [2.75, 3.05) is 27.3 Å². The van der Waals surface area contributed by atoms with Crippen molar-refractivity contribution in [2.24, 2.45) is 0 Å². The van der Waals surface area contributed by atoms with Crippen LogP contribution in [0.5, 0.6) is 17.2 Å². The molecule has 5 rings (SSSR count). The first kappa shape index (κ1) is 20.5. The Hall–Kier alpha value is -3.36. The fourth-order valence-corrected chi connectivity index (χ4v) is 4.78. The zero-order valence-corrected chi connectivity index (χ0v) is 18.6. The van der Waals surface area contributed by atoms with Crippen LogP contribution in [0.2, 0.25) is 0 Å². The average Bonchev–Trinajstić information content (AvgIpc) is 3.24. The van der Waals surface area contributed by atoms with E-state index >= 15 is 0 Å². The molecule has 0 bridgehead atoms. The van der Waals surface area contributed by atoms with Crippen molar-refractivity contribution in [1.82, 2.24) is 14.9 Å². The van der Waals surface area contributed by atoms with E-state index in [2.05, 4.69) is 9.88 Å². The third kappa shape index (κ3) is 4.19. The van der Waals surface area contributed by atoms with Crippen LogP contribution in [0.1, 0.15) is 5.82 Å². The van der Waals surface area contributed by atoms with Crippen LogP contribution in [0.3, 0.4) is 0 Å². The van der Waals surface area contributed by atoms with Gasteiger partial charge in [0.25, 0.3) is 5.56 Å². The highest BCUT2D eigenvalue weighted by atomic mass is 32.1. The molecule has 0 radical (unpaired) electrons. The fraction of sp³-hybridized carbons (Fsp3) is 0.250. The van der Waals surface area contributed by atoms with E-state index in [9.17, 15) is 4.79 Å². The van der Waals surface area contributed by atoms with Gasteiger partial charge in [-0.3, -0.25) is 9.69 Å². The molecule has 2 aromatic carbocycles. The molecule has 1 unspecified atom stereocenters. The van der Waals surface area contributed by atoms with Crippen molar-refractivity contribution >= 4 is 21.6 Å². The lowest BCUT2D eigenvalue weighted by Gasteiger charge is -2.29. The molecule has 0 spiro atoms. The number of H-pyrrole nitrogens is 1. The predicted molar refractivity (Wildman–Crippen MR) is 125 cm³/mol. The standard InChI is InChI=1S/C24H23N3O4S/c1-27(12-17-14-30-19-5-3-4-6-20(19)31-17)13-22-25-18-11-21(32-23(18)24(28)26-22)15-7-9-16(29-2)10-8-15/h3-11,17H,12-14H2,1-2H3,(H,25,26,28). The van der Waals surface area contributed by atoms with E-state index in [0.717, 1.165) is 27.7 Å². The Morgan fingerprint density at radius 2 is 1.97 bits per heavy atom. The first-order valence-electron chi connectivity index (χ1n) is 10.3. The molecule has 164 valence electrons. The average molecular weight is 450 g/mol. The van der Waals surface area contributed by atoms with Crippen LogP contribution in [0.15, 0.2) is 59.4 Å². The number of nitrogens with one attached hydrogen (secondary N) is 1. The predicted octanol–water partition coefficient (Wildman–Crippen LogP) is 3.93. The Kier molecular flexibility index (Phi) is 5.55. The Morgan fingerprint density at radius 1 is 1.19 bits per heavy atom. The smallest absolute Gasteiger partial charge is 0.268 e. The van der Waals surface area contributed by atoms with E-state index in [1.165, 1.54) is 11.3 Å². The van der Waals surface area contributed by atoms with Crippen LogP contribution in [0.4, 0.5) is 0 Å². The number of benzene rings is 2. The van der Waals surface area contributed by atoms with Crippen molar-refractivity contribution < 1.29 is 14.2 Å². The van der Waals surface area contributed by atoms with Crippen molar-refractivity contribution in [3.05, 3.63) is 70.8 Å². The SMILES string of the molecule is COc1ccc(-c2cc3nc(CN(C)CC4COc5ccccc5O4)[nH]c(=O)c3s2)cc1. The van der Waals surface area contributed by atoms with Crippen molar-refractivity contribution in [2.45, 2.75) is 12.6 Å². The highest BCUT2D eigenvalue weighted by molar-refractivity contribution is 7.22. The summed E-state index contributed by atoms with van der Waals surface area (Å²) >= 11 is 1.44. The van der Waals surface area contributed by atoms with Gasteiger partial charge in [-0.05, 0) is 55.1 Å². The van der Waals surface area contributed by atoms with Gasteiger partial charge in [-0.25, -0.2) is 4.98 Å². The van der Waals surface area contributed by atoms with Crippen LogP contribution in [0.25, 0.3) is 20.7 Å². The van der Waals surface area contributed by atoms with Crippen LogP contribution in [-0.4, -0.2) is 48.3 Å². The monoisotopic (exact) mass is 449 g/mol. The third-order valence-corrected chi connectivity index (χ3v) is 6.48. The maximum Gasteiger partial charge on any atom is 0.268 e.